The average molecular weight is 328 g/mol. The summed E-state index contributed by atoms with van der Waals surface area (Å²) >= 11 is 0. The fraction of sp³-hybridized carbons (Fsp3) is 0.611. The molecule has 4 rings (SSSR count). The second kappa shape index (κ2) is 6.16. The van der Waals surface area contributed by atoms with E-state index in [9.17, 15) is 4.79 Å². The summed E-state index contributed by atoms with van der Waals surface area (Å²) in [5.74, 6) is 1.10. The molecule has 0 radical (unpaired) electrons. The van der Waals surface area contributed by atoms with Gasteiger partial charge in [0.2, 0.25) is 0 Å². The molecule has 2 aromatic rings. The van der Waals surface area contributed by atoms with Crippen LogP contribution in [0.3, 0.4) is 0 Å². The van der Waals surface area contributed by atoms with Crippen LogP contribution in [0.2, 0.25) is 0 Å². The summed E-state index contributed by atoms with van der Waals surface area (Å²) in [4.78, 5) is 19.8. The summed E-state index contributed by atoms with van der Waals surface area (Å²) < 4.78 is 5.36. The van der Waals surface area contributed by atoms with Crippen LogP contribution in [0.4, 0.5) is 0 Å². The Balaban J connectivity index is 1.69. The van der Waals surface area contributed by atoms with Crippen molar-refractivity contribution in [1.82, 2.24) is 20.4 Å². The lowest BCUT2D eigenvalue weighted by molar-refractivity contribution is 0.0676. The molecule has 2 fully saturated rings. The van der Waals surface area contributed by atoms with Crippen LogP contribution in [0.1, 0.15) is 53.3 Å². The number of piperidine rings is 1. The topological polar surface area (TPSA) is 71.3 Å². The SMILES string of the molecule is CNCC1CCCN(C(=O)c2cc(C3CC3)nc3onc(C)c23)C1. The van der Waals surface area contributed by atoms with Crippen molar-refractivity contribution in [3.63, 3.8) is 0 Å². The maximum absolute atomic E-state index is 13.2. The van der Waals surface area contributed by atoms with Gasteiger partial charge in [-0.1, -0.05) is 5.16 Å². The second-order valence-electron chi connectivity index (χ2n) is 7.13. The third-order valence-electron chi connectivity index (χ3n) is 5.16. The summed E-state index contributed by atoms with van der Waals surface area (Å²) in [7, 11) is 1.97. The number of pyridine rings is 1. The van der Waals surface area contributed by atoms with Gasteiger partial charge in [-0.2, -0.15) is 0 Å². The molecule has 1 aliphatic carbocycles. The number of rotatable bonds is 4. The highest BCUT2D eigenvalue weighted by Gasteiger charge is 2.31. The van der Waals surface area contributed by atoms with Crippen molar-refractivity contribution in [2.75, 3.05) is 26.7 Å². The van der Waals surface area contributed by atoms with Gasteiger partial charge in [-0.3, -0.25) is 4.79 Å². The van der Waals surface area contributed by atoms with Gasteiger partial charge < -0.3 is 14.7 Å². The van der Waals surface area contributed by atoms with E-state index >= 15 is 0 Å². The number of nitrogens with zero attached hydrogens (tertiary/aromatic N) is 3. The van der Waals surface area contributed by atoms with Crippen molar-refractivity contribution in [3.05, 3.63) is 23.0 Å². The first-order valence-electron chi connectivity index (χ1n) is 8.88. The lowest BCUT2D eigenvalue weighted by atomic mass is 9.97. The molecule has 0 aromatic carbocycles. The highest BCUT2D eigenvalue weighted by Crippen LogP contribution is 2.40. The van der Waals surface area contributed by atoms with E-state index in [4.69, 9.17) is 4.52 Å². The first-order valence-corrected chi connectivity index (χ1v) is 8.88. The first kappa shape index (κ1) is 15.6. The Labute approximate surface area is 141 Å². The van der Waals surface area contributed by atoms with Gasteiger partial charge in [-0.25, -0.2) is 4.98 Å². The minimum absolute atomic E-state index is 0.0939. The highest BCUT2D eigenvalue weighted by molar-refractivity contribution is 6.06. The fourth-order valence-electron chi connectivity index (χ4n) is 3.75. The molecule has 128 valence electrons. The van der Waals surface area contributed by atoms with E-state index in [2.05, 4.69) is 15.5 Å². The Morgan fingerprint density at radius 2 is 2.25 bits per heavy atom. The number of carbonyl (C=O) groups is 1. The second-order valence-corrected chi connectivity index (χ2v) is 7.13. The van der Waals surface area contributed by atoms with Crippen molar-refractivity contribution in [2.24, 2.45) is 5.92 Å². The maximum atomic E-state index is 13.2. The molecule has 24 heavy (non-hydrogen) atoms. The Hall–Kier alpha value is -1.95. The third-order valence-corrected chi connectivity index (χ3v) is 5.16. The van der Waals surface area contributed by atoms with Gasteiger partial charge in [0.15, 0.2) is 0 Å². The molecule has 1 aliphatic heterocycles. The molecule has 1 unspecified atom stereocenters. The van der Waals surface area contributed by atoms with Gasteiger partial charge >= 0.3 is 0 Å². The number of carbonyl (C=O) groups excluding carboxylic acids is 1. The van der Waals surface area contributed by atoms with Crippen LogP contribution in [0.25, 0.3) is 11.1 Å². The van der Waals surface area contributed by atoms with E-state index in [0.29, 0.717) is 23.1 Å². The number of hydrogen-bond acceptors (Lipinski definition) is 5. The molecule has 1 saturated heterocycles. The zero-order valence-electron chi connectivity index (χ0n) is 14.3. The van der Waals surface area contributed by atoms with Crippen LogP contribution in [0.5, 0.6) is 0 Å². The molecule has 6 heteroatoms. The third kappa shape index (κ3) is 2.79. The van der Waals surface area contributed by atoms with Crippen LogP contribution in [-0.4, -0.2) is 47.6 Å². The Kier molecular flexibility index (Phi) is 4.00. The van der Waals surface area contributed by atoms with Crippen molar-refractivity contribution >= 4 is 17.0 Å². The first-order chi connectivity index (χ1) is 11.7. The summed E-state index contributed by atoms with van der Waals surface area (Å²) in [6, 6.07) is 1.98. The predicted molar refractivity (Wildman–Crippen MR) is 91.1 cm³/mol. The van der Waals surface area contributed by atoms with Crippen molar-refractivity contribution in [2.45, 2.75) is 38.5 Å². The Morgan fingerprint density at radius 3 is 3.00 bits per heavy atom. The van der Waals surface area contributed by atoms with E-state index in [-0.39, 0.29) is 5.91 Å². The van der Waals surface area contributed by atoms with E-state index in [1.165, 1.54) is 6.42 Å². The largest absolute Gasteiger partial charge is 0.338 e. The molecule has 1 N–H and O–H groups in total. The molecule has 1 atom stereocenters. The number of fused-ring (bicyclic) bond motifs is 1. The van der Waals surface area contributed by atoms with Gasteiger partial charge in [-0.05, 0) is 58.2 Å². The number of hydrogen-bond donors (Lipinski definition) is 1. The number of aromatic nitrogens is 2. The zero-order valence-corrected chi connectivity index (χ0v) is 14.3. The Morgan fingerprint density at radius 1 is 1.42 bits per heavy atom. The molecule has 6 nitrogen and oxygen atoms in total. The monoisotopic (exact) mass is 328 g/mol. The predicted octanol–water partition coefficient (Wildman–Crippen LogP) is 2.48. The standard InChI is InChI=1S/C18H24N4O2/c1-11-16-14(8-15(13-5-6-13)20-17(16)24-21-11)18(23)22-7-3-4-12(10-22)9-19-2/h8,12-13,19H,3-7,9-10H2,1-2H3. The van der Waals surface area contributed by atoms with Crippen LogP contribution in [-0.2, 0) is 0 Å². The average Bonchev–Trinajstić information content (AvgIpc) is 3.38. The van der Waals surface area contributed by atoms with E-state index < -0.39 is 0 Å². The minimum Gasteiger partial charge on any atom is -0.338 e. The molecule has 1 saturated carbocycles. The van der Waals surface area contributed by atoms with Crippen LogP contribution in [0.15, 0.2) is 10.6 Å². The van der Waals surface area contributed by atoms with Gasteiger partial charge in [0.1, 0.15) is 0 Å². The van der Waals surface area contributed by atoms with E-state index in [1.54, 1.807) is 0 Å². The molecular weight excluding hydrogens is 304 g/mol. The maximum Gasteiger partial charge on any atom is 0.259 e. The molecule has 0 bridgehead atoms. The molecule has 2 aliphatic rings. The fourth-order valence-corrected chi connectivity index (χ4v) is 3.75. The molecule has 0 spiro atoms. The minimum atomic E-state index is 0.0939. The smallest absolute Gasteiger partial charge is 0.259 e. The summed E-state index contributed by atoms with van der Waals surface area (Å²) in [5.41, 5.74) is 2.94. The van der Waals surface area contributed by atoms with Gasteiger partial charge in [-0.15, -0.1) is 0 Å². The number of amides is 1. The van der Waals surface area contributed by atoms with Crippen LogP contribution in [0, 0.1) is 12.8 Å². The van der Waals surface area contributed by atoms with Crippen LogP contribution < -0.4 is 5.32 Å². The van der Waals surface area contributed by atoms with Crippen molar-refractivity contribution < 1.29 is 9.32 Å². The quantitative estimate of drug-likeness (QED) is 0.933. The number of nitrogens with one attached hydrogen (secondary N) is 1. The number of likely N-dealkylation sites (tertiary alicyclic amines) is 1. The van der Waals surface area contributed by atoms with E-state index in [1.807, 2.05) is 24.9 Å². The zero-order chi connectivity index (χ0) is 16.7. The highest BCUT2D eigenvalue weighted by atomic mass is 16.5. The summed E-state index contributed by atoms with van der Waals surface area (Å²) in [6.07, 6.45) is 4.53. The lowest BCUT2D eigenvalue weighted by Gasteiger charge is -2.33. The normalized spacial score (nSPS) is 21.4. The van der Waals surface area contributed by atoms with Crippen LogP contribution >= 0.6 is 0 Å². The van der Waals surface area contributed by atoms with Gasteiger partial charge in [0, 0.05) is 24.7 Å². The molecule has 2 aromatic heterocycles. The summed E-state index contributed by atoms with van der Waals surface area (Å²) in [5, 5.41) is 8.04. The van der Waals surface area contributed by atoms with Gasteiger partial charge in [0.25, 0.3) is 11.6 Å². The molecule has 1 amide bonds. The van der Waals surface area contributed by atoms with Gasteiger partial charge in [0.05, 0.1) is 16.6 Å². The number of aryl methyl sites for hydroxylation is 1. The summed E-state index contributed by atoms with van der Waals surface area (Å²) in [6.45, 7) is 4.47. The molecular formula is C18H24N4O2. The van der Waals surface area contributed by atoms with E-state index in [0.717, 1.165) is 55.7 Å². The Bertz CT molecular complexity index is 764. The molecule has 3 heterocycles. The lowest BCUT2D eigenvalue weighted by Crippen LogP contribution is -2.42. The van der Waals surface area contributed by atoms with Crippen molar-refractivity contribution in [1.29, 1.82) is 0 Å². The van der Waals surface area contributed by atoms with Crippen molar-refractivity contribution in [3.8, 4) is 0 Å².